The van der Waals surface area contributed by atoms with Gasteiger partial charge in [-0.1, -0.05) is 0 Å². The van der Waals surface area contributed by atoms with Gasteiger partial charge < -0.3 is 5.32 Å². The van der Waals surface area contributed by atoms with Crippen LogP contribution in [0.2, 0.25) is 0 Å². The van der Waals surface area contributed by atoms with E-state index in [4.69, 9.17) is 0 Å². The minimum Gasteiger partial charge on any atom is -0.355 e. The fourth-order valence-electron chi connectivity index (χ4n) is 1.46. The Kier molecular flexibility index (Phi) is 3.43. The Morgan fingerprint density at radius 3 is 2.38 bits per heavy atom. The van der Waals surface area contributed by atoms with Crippen molar-refractivity contribution in [1.82, 2.24) is 0 Å². The third kappa shape index (κ3) is 2.72. The lowest BCUT2D eigenvalue weighted by Crippen LogP contribution is -1.93. The van der Waals surface area contributed by atoms with Gasteiger partial charge in [-0.25, -0.2) is 4.39 Å². The van der Waals surface area contributed by atoms with E-state index < -0.39 is 0 Å². The number of aryl methyl sites for hydroxylation is 1. The standard InChI is InChI=1S/C13H11FIN/c1-9-8-11(15)4-7-13(9)16-12-5-2-10(14)3-6-12/h2-8,16H,1H3. The summed E-state index contributed by atoms with van der Waals surface area (Å²) in [5.74, 6) is -0.218. The SMILES string of the molecule is Cc1cc(I)ccc1Nc1ccc(F)cc1. The van der Waals surface area contributed by atoms with Crippen molar-refractivity contribution in [2.24, 2.45) is 0 Å². The first kappa shape index (κ1) is 11.4. The van der Waals surface area contributed by atoms with Crippen molar-refractivity contribution in [3.05, 3.63) is 57.4 Å². The van der Waals surface area contributed by atoms with Gasteiger partial charge in [-0.3, -0.25) is 0 Å². The molecule has 0 aliphatic carbocycles. The highest BCUT2D eigenvalue weighted by Gasteiger charge is 1.99. The zero-order valence-electron chi connectivity index (χ0n) is 8.80. The molecular weight excluding hydrogens is 316 g/mol. The lowest BCUT2D eigenvalue weighted by atomic mass is 10.2. The summed E-state index contributed by atoms with van der Waals surface area (Å²) in [7, 11) is 0. The summed E-state index contributed by atoms with van der Waals surface area (Å²) in [4.78, 5) is 0. The van der Waals surface area contributed by atoms with Gasteiger partial charge in [-0.15, -0.1) is 0 Å². The molecule has 0 radical (unpaired) electrons. The van der Waals surface area contributed by atoms with Crippen LogP contribution in [0.25, 0.3) is 0 Å². The molecule has 0 amide bonds. The van der Waals surface area contributed by atoms with Gasteiger partial charge >= 0.3 is 0 Å². The molecule has 0 unspecified atom stereocenters. The molecule has 3 heteroatoms. The Balaban J connectivity index is 2.23. The third-order valence-electron chi connectivity index (χ3n) is 2.31. The van der Waals surface area contributed by atoms with Crippen LogP contribution >= 0.6 is 22.6 Å². The highest BCUT2D eigenvalue weighted by Crippen LogP contribution is 2.22. The molecule has 0 aromatic heterocycles. The van der Waals surface area contributed by atoms with Crippen molar-refractivity contribution in [1.29, 1.82) is 0 Å². The molecule has 16 heavy (non-hydrogen) atoms. The second kappa shape index (κ2) is 4.82. The predicted octanol–water partition coefficient (Wildman–Crippen LogP) is 4.48. The topological polar surface area (TPSA) is 12.0 Å². The van der Waals surface area contributed by atoms with Gasteiger partial charge in [0.15, 0.2) is 0 Å². The Bertz CT molecular complexity index is 494. The highest BCUT2D eigenvalue weighted by molar-refractivity contribution is 14.1. The average Bonchev–Trinajstić information content (AvgIpc) is 2.25. The summed E-state index contributed by atoms with van der Waals surface area (Å²) < 4.78 is 13.9. The van der Waals surface area contributed by atoms with E-state index in [0.29, 0.717) is 0 Å². The smallest absolute Gasteiger partial charge is 0.123 e. The van der Waals surface area contributed by atoms with Gasteiger partial charge in [-0.2, -0.15) is 0 Å². The summed E-state index contributed by atoms with van der Waals surface area (Å²) >= 11 is 2.28. The van der Waals surface area contributed by atoms with E-state index in [1.54, 1.807) is 12.1 Å². The van der Waals surface area contributed by atoms with Gasteiger partial charge in [0.25, 0.3) is 0 Å². The maximum Gasteiger partial charge on any atom is 0.123 e. The molecule has 2 rings (SSSR count). The highest BCUT2D eigenvalue weighted by atomic mass is 127. The first-order chi connectivity index (χ1) is 7.65. The van der Waals surface area contributed by atoms with Crippen LogP contribution in [-0.2, 0) is 0 Å². The predicted molar refractivity (Wildman–Crippen MR) is 73.6 cm³/mol. The first-order valence-electron chi connectivity index (χ1n) is 4.94. The Morgan fingerprint density at radius 2 is 1.75 bits per heavy atom. The van der Waals surface area contributed by atoms with Crippen molar-refractivity contribution in [2.75, 3.05) is 5.32 Å². The lowest BCUT2D eigenvalue weighted by molar-refractivity contribution is 0.628. The molecule has 82 valence electrons. The number of rotatable bonds is 2. The van der Waals surface area contributed by atoms with Crippen molar-refractivity contribution in [3.63, 3.8) is 0 Å². The molecular formula is C13H11FIN. The summed E-state index contributed by atoms with van der Waals surface area (Å²) in [5.41, 5.74) is 3.12. The second-order valence-electron chi connectivity index (χ2n) is 3.59. The maximum atomic E-state index is 12.7. The van der Waals surface area contributed by atoms with E-state index in [2.05, 4.69) is 34.0 Å². The molecule has 2 aromatic carbocycles. The van der Waals surface area contributed by atoms with Crippen molar-refractivity contribution in [2.45, 2.75) is 6.92 Å². The molecule has 0 atom stereocenters. The van der Waals surface area contributed by atoms with Gasteiger partial charge in [0, 0.05) is 14.9 Å². The largest absolute Gasteiger partial charge is 0.355 e. The van der Waals surface area contributed by atoms with Gasteiger partial charge in [0.05, 0.1) is 0 Å². The van der Waals surface area contributed by atoms with Crippen LogP contribution in [-0.4, -0.2) is 0 Å². The number of halogens is 2. The van der Waals surface area contributed by atoms with Crippen molar-refractivity contribution < 1.29 is 4.39 Å². The molecule has 0 bridgehead atoms. The van der Waals surface area contributed by atoms with Crippen LogP contribution in [0.15, 0.2) is 42.5 Å². The average molecular weight is 327 g/mol. The van der Waals surface area contributed by atoms with E-state index in [1.165, 1.54) is 21.3 Å². The lowest BCUT2D eigenvalue weighted by Gasteiger charge is -2.09. The van der Waals surface area contributed by atoms with E-state index in [0.717, 1.165) is 11.4 Å². The van der Waals surface area contributed by atoms with Crippen LogP contribution in [0.1, 0.15) is 5.56 Å². The zero-order valence-corrected chi connectivity index (χ0v) is 11.0. The van der Waals surface area contributed by atoms with Crippen LogP contribution in [0.5, 0.6) is 0 Å². The molecule has 0 aliphatic rings. The van der Waals surface area contributed by atoms with Crippen LogP contribution < -0.4 is 5.32 Å². The van der Waals surface area contributed by atoms with Gasteiger partial charge in [0.1, 0.15) is 5.82 Å². The Morgan fingerprint density at radius 1 is 1.06 bits per heavy atom. The number of hydrogen-bond donors (Lipinski definition) is 1. The van der Waals surface area contributed by atoms with E-state index in [9.17, 15) is 4.39 Å². The van der Waals surface area contributed by atoms with Gasteiger partial charge in [0.2, 0.25) is 0 Å². The van der Waals surface area contributed by atoms with Gasteiger partial charge in [-0.05, 0) is 77.5 Å². The van der Waals surface area contributed by atoms with Crippen molar-refractivity contribution >= 4 is 34.0 Å². The normalized spacial score (nSPS) is 10.2. The summed E-state index contributed by atoms with van der Waals surface area (Å²) in [5, 5.41) is 3.26. The number of hydrogen-bond acceptors (Lipinski definition) is 1. The minimum absolute atomic E-state index is 0.218. The summed E-state index contributed by atoms with van der Waals surface area (Å²) in [6, 6.07) is 12.5. The summed E-state index contributed by atoms with van der Waals surface area (Å²) in [6.45, 7) is 2.05. The monoisotopic (exact) mass is 327 g/mol. The zero-order chi connectivity index (χ0) is 11.5. The van der Waals surface area contributed by atoms with E-state index in [1.807, 2.05) is 19.1 Å². The molecule has 2 aromatic rings. The molecule has 0 saturated carbocycles. The third-order valence-corrected chi connectivity index (χ3v) is 2.98. The van der Waals surface area contributed by atoms with Crippen LogP contribution in [0.3, 0.4) is 0 Å². The minimum atomic E-state index is -0.218. The molecule has 1 N–H and O–H groups in total. The fourth-order valence-corrected chi connectivity index (χ4v) is 2.10. The molecule has 0 heterocycles. The molecule has 1 nitrogen and oxygen atoms in total. The number of benzene rings is 2. The quantitative estimate of drug-likeness (QED) is 0.802. The number of anilines is 2. The molecule has 0 saturated heterocycles. The molecule has 0 fully saturated rings. The summed E-state index contributed by atoms with van der Waals surface area (Å²) in [6.07, 6.45) is 0. The maximum absolute atomic E-state index is 12.7. The van der Waals surface area contributed by atoms with Crippen molar-refractivity contribution in [3.8, 4) is 0 Å². The van der Waals surface area contributed by atoms with E-state index in [-0.39, 0.29) is 5.82 Å². The molecule has 0 spiro atoms. The fraction of sp³-hybridized carbons (Fsp3) is 0.0769. The van der Waals surface area contributed by atoms with E-state index >= 15 is 0 Å². The Labute approximate surface area is 108 Å². The number of nitrogens with one attached hydrogen (secondary N) is 1. The van der Waals surface area contributed by atoms with Crippen LogP contribution in [0.4, 0.5) is 15.8 Å². The second-order valence-corrected chi connectivity index (χ2v) is 4.84. The first-order valence-corrected chi connectivity index (χ1v) is 6.02. The van der Waals surface area contributed by atoms with Crippen LogP contribution in [0, 0.1) is 16.3 Å². The molecule has 0 aliphatic heterocycles. The Hall–Kier alpha value is -1.10.